The summed E-state index contributed by atoms with van der Waals surface area (Å²) < 4.78 is 0. The van der Waals surface area contributed by atoms with Crippen LogP contribution in [0.15, 0.2) is 0 Å². The Morgan fingerprint density at radius 2 is 0.609 bits per heavy atom. The fraction of sp³-hybridized carbons (Fsp3) is 0.944. The summed E-state index contributed by atoms with van der Waals surface area (Å²) in [6, 6.07) is 0.300. The minimum atomic E-state index is -0.962. The second kappa shape index (κ2) is 22.3. The minimum Gasteiger partial charge on any atom is -0.388 e. The van der Waals surface area contributed by atoms with Gasteiger partial charge >= 0.3 is 0 Å². The maximum atomic E-state index is 10.7. The smallest absolute Gasteiger partial charge is 0.232 e. The van der Waals surface area contributed by atoms with E-state index in [-0.39, 0.29) is 71.2 Å². The maximum Gasteiger partial charge on any atom is 0.232 e. The van der Waals surface area contributed by atoms with Crippen LogP contribution in [0.5, 0.6) is 0 Å². The third-order valence-corrected chi connectivity index (χ3v) is 14.3. The Balaban J connectivity index is 1.96. The molecule has 3 fully saturated rings. The second-order valence-electron chi connectivity index (χ2n) is 27.1. The van der Waals surface area contributed by atoms with Gasteiger partial charge in [0.1, 0.15) is 0 Å². The summed E-state index contributed by atoms with van der Waals surface area (Å²) in [6.45, 7) is 47.7. The summed E-state index contributed by atoms with van der Waals surface area (Å²) in [4.78, 5) is 44.1. The predicted octanol–water partition coefficient (Wildman–Crippen LogP) is 9.86. The van der Waals surface area contributed by atoms with E-state index in [2.05, 4.69) is 134 Å². The number of hydroxylamine groups is 6. The summed E-state index contributed by atoms with van der Waals surface area (Å²) >= 11 is 0. The number of unbranched alkanes of at least 4 members (excludes halogenated alkanes) is 3. The van der Waals surface area contributed by atoms with E-state index < -0.39 is 16.8 Å². The van der Waals surface area contributed by atoms with E-state index in [0.717, 1.165) is 115 Å². The molecule has 0 bridgehead atoms. The molecule has 0 atom stereocenters. The Labute approximate surface area is 421 Å². The van der Waals surface area contributed by atoms with Crippen molar-refractivity contribution < 1.29 is 29.8 Å². The van der Waals surface area contributed by atoms with E-state index in [1.165, 1.54) is 0 Å². The molecule has 1 aromatic rings. The van der Waals surface area contributed by atoms with Crippen molar-refractivity contribution in [3.8, 4) is 0 Å². The Bertz CT molecular complexity index is 1500. The Kier molecular flexibility index (Phi) is 19.2. The number of anilines is 3. The lowest BCUT2D eigenvalue weighted by Gasteiger charge is -2.56. The molecule has 15 heteroatoms. The van der Waals surface area contributed by atoms with Crippen LogP contribution in [-0.2, 0) is 14.5 Å². The first-order valence-electron chi connectivity index (χ1n) is 26.9. The van der Waals surface area contributed by atoms with Crippen LogP contribution in [-0.4, -0.2) is 153 Å². The van der Waals surface area contributed by atoms with Gasteiger partial charge in [-0.1, -0.05) is 40.0 Å². The topological polar surface area (TPSA) is 146 Å². The van der Waals surface area contributed by atoms with Crippen LogP contribution in [0.2, 0.25) is 0 Å². The predicted molar refractivity (Wildman–Crippen MR) is 282 cm³/mol. The number of hydrogen-bond acceptors (Lipinski definition) is 15. The first-order chi connectivity index (χ1) is 31.4. The highest BCUT2D eigenvalue weighted by molar-refractivity contribution is 5.49. The molecule has 0 aromatic carbocycles. The van der Waals surface area contributed by atoms with E-state index in [0.29, 0.717) is 0 Å². The molecule has 15 nitrogen and oxygen atoms in total. The molecule has 3 N–H and O–H groups in total. The lowest BCUT2D eigenvalue weighted by Crippen LogP contribution is -2.65. The van der Waals surface area contributed by atoms with Crippen molar-refractivity contribution in [2.24, 2.45) is 0 Å². The lowest BCUT2D eigenvalue weighted by atomic mass is 9.78. The number of rotatable bonds is 24. The van der Waals surface area contributed by atoms with Crippen molar-refractivity contribution in [3.05, 3.63) is 0 Å². The second-order valence-corrected chi connectivity index (χ2v) is 27.1. The Morgan fingerprint density at radius 3 is 0.768 bits per heavy atom. The van der Waals surface area contributed by atoms with Crippen molar-refractivity contribution in [3.63, 3.8) is 0 Å². The zero-order chi connectivity index (χ0) is 52.4. The summed E-state index contributed by atoms with van der Waals surface area (Å²) in [6.07, 6.45) is 11.0. The van der Waals surface area contributed by atoms with Crippen molar-refractivity contribution in [1.29, 1.82) is 0 Å². The number of aromatic nitrogens is 3. The van der Waals surface area contributed by atoms with Crippen LogP contribution in [0.25, 0.3) is 0 Å². The van der Waals surface area contributed by atoms with Gasteiger partial charge in [-0.2, -0.15) is 30.1 Å². The zero-order valence-electron chi connectivity index (χ0n) is 48.1. The first-order valence-corrected chi connectivity index (χ1v) is 26.9. The molecule has 0 spiro atoms. The van der Waals surface area contributed by atoms with Crippen molar-refractivity contribution in [2.45, 2.75) is 291 Å². The van der Waals surface area contributed by atoms with Crippen LogP contribution in [0.3, 0.4) is 0 Å². The van der Waals surface area contributed by atoms with Gasteiger partial charge in [-0.3, -0.25) is 14.5 Å². The van der Waals surface area contributed by atoms with Gasteiger partial charge in [0.15, 0.2) is 0 Å². The van der Waals surface area contributed by atoms with Gasteiger partial charge in [0, 0.05) is 71.0 Å². The summed E-state index contributed by atoms with van der Waals surface area (Å²) in [5.74, 6) is 2.17. The van der Waals surface area contributed by atoms with Crippen LogP contribution in [0, 0.1) is 0 Å². The van der Waals surface area contributed by atoms with Gasteiger partial charge in [-0.15, -0.1) is 0 Å². The molecule has 4 heterocycles. The highest BCUT2D eigenvalue weighted by Gasteiger charge is 2.52. The Hall–Kier alpha value is -1.95. The largest absolute Gasteiger partial charge is 0.388 e. The van der Waals surface area contributed by atoms with Gasteiger partial charge in [-0.25, -0.2) is 0 Å². The molecule has 69 heavy (non-hydrogen) atoms. The summed E-state index contributed by atoms with van der Waals surface area (Å²) in [5.41, 5.74) is -5.07. The van der Waals surface area contributed by atoms with Crippen LogP contribution in [0.4, 0.5) is 17.8 Å². The van der Waals surface area contributed by atoms with Crippen molar-refractivity contribution >= 4 is 17.8 Å². The van der Waals surface area contributed by atoms with Crippen molar-refractivity contribution in [2.75, 3.05) is 54.2 Å². The molecule has 3 aliphatic rings. The molecule has 1 aromatic heterocycles. The quantitative estimate of drug-likeness (QED) is 0.0903. The number of hydrogen-bond donors (Lipinski definition) is 3. The normalized spacial score (nSPS) is 22.8. The van der Waals surface area contributed by atoms with E-state index >= 15 is 0 Å². The monoisotopic (exact) mass is 976 g/mol. The molecule has 0 aliphatic carbocycles. The van der Waals surface area contributed by atoms with Gasteiger partial charge < -0.3 is 30.0 Å². The summed E-state index contributed by atoms with van der Waals surface area (Å²) in [7, 11) is 0. The summed E-state index contributed by atoms with van der Waals surface area (Å²) in [5, 5.41) is 38.6. The molecular weight excluding hydrogens is 871 g/mol. The average molecular weight is 976 g/mol. The van der Waals surface area contributed by atoms with E-state index in [4.69, 9.17) is 29.5 Å². The van der Waals surface area contributed by atoms with E-state index in [1.807, 2.05) is 0 Å². The molecule has 4 rings (SSSR count). The van der Waals surface area contributed by atoms with E-state index in [1.54, 1.807) is 41.5 Å². The van der Waals surface area contributed by atoms with Crippen LogP contribution >= 0.6 is 0 Å². The molecule has 0 amide bonds. The molecule has 0 saturated carbocycles. The van der Waals surface area contributed by atoms with Gasteiger partial charge in [-0.05, 0) is 182 Å². The highest BCUT2D eigenvalue weighted by atomic mass is 16.7. The third-order valence-electron chi connectivity index (χ3n) is 14.3. The van der Waals surface area contributed by atoms with Crippen LogP contribution < -0.4 is 14.7 Å². The van der Waals surface area contributed by atoms with Crippen molar-refractivity contribution in [1.82, 2.24) is 30.1 Å². The third kappa shape index (κ3) is 16.0. The zero-order valence-corrected chi connectivity index (χ0v) is 48.1. The fourth-order valence-corrected chi connectivity index (χ4v) is 12.1. The maximum absolute atomic E-state index is 10.7. The molecule has 3 aliphatic heterocycles. The fourth-order valence-electron chi connectivity index (χ4n) is 12.1. The standard InChI is InChI=1S/C54H105N9O6/c1-22-25-28-58(40-31-46(4,5)61(47(6,7)32-40)67-37-52(16,17)64)43-55-44(59(29-26-23-2)41-33-48(8,9)62(49(10,11)34-41)68-38-53(18,19)65)57-45(56-43)60(30-27-24-3)42-35-50(12,13)63(51(14,15)36-42)69-39-54(20,21)66/h40-42,64-66H,22-39H2,1-21H3. The average Bonchev–Trinajstić information content (AvgIpc) is 3.14. The molecule has 402 valence electrons. The number of piperidine rings is 3. The van der Waals surface area contributed by atoms with Crippen LogP contribution in [0.1, 0.15) is 222 Å². The molecule has 3 saturated heterocycles. The number of aliphatic hydroxyl groups is 3. The molecule has 0 radical (unpaired) electrons. The highest BCUT2D eigenvalue weighted by Crippen LogP contribution is 2.46. The molecular formula is C54H105N9O6. The lowest BCUT2D eigenvalue weighted by molar-refractivity contribution is -0.298. The number of nitrogens with zero attached hydrogens (tertiary/aromatic N) is 9. The van der Waals surface area contributed by atoms with Gasteiger partial charge in [0.25, 0.3) is 0 Å². The molecule has 0 unspecified atom stereocenters. The first kappa shape index (κ1) is 59.6. The SMILES string of the molecule is CCCCN(c1nc(N(CCCC)C2CC(C)(C)N(OCC(C)(C)O)C(C)(C)C2)nc(N(CCCC)C2CC(C)(C)N(OCC(C)(C)O)C(C)(C)C2)n1)C1CC(C)(C)N(OCC(C)(C)O)C(C)(C)C1. The van der Waals surface area contributed by atoms with E-state index in [9.17, 15) is 15.3 Å². The van der Waals surface area contributed by atoms with Gasteiger partial charge in [0.2, 0.25) is 17.8 Å². The van der Waals surface area contributed by atoms with Gasteiger partial charge in [0.05, 0.1) is 36.6 Å². The minimum absolute atomic E-state index is 0.0999. The Morgan fingerprint density at radius 1 is 0.420 bits per heavy atom.